The Balaban J connectivity index is 1.94. The van der Waals surface area contributed by atoms with Gasteiger partial charge in [-0.3, -0.25) is 4.79 Å². The second-order valence-corrected chi connectivity index (χ2v) is 7.69. The van der Waals surface area contributed by atoms with Gasteiger partial charge < -0.3 is 5.32 Å². The molecule has 2 N–H and O–H groups in total. The topological polar surface area (TPSA) is 75.3 Å². The van der Waals surface area contributed by atoms with E-state index in [0.29, 0.717) is 5.56 Å². The van der Waals surface area contributed by atoms with E-state index in [2.05, 4.69) is 10.0 Å². The molecule has 134 valence electrons. The third-order valence-electron chi connectivity index (χ3n) is 3.51. The van der Waals surface area contributed by atoms with Gasteiger partial charge in [-0.25, -0.2) is 17.5 Å². The molecule has 0 fully saturated rings. The van der Waals surface area contributed by atoms with Gasteiger partial charge in [-0.05, 0) is 49.2 Å². The third kappa shape index (κ3) is 5.01. The van der Waals surface area contributed by atoms with E-state index < -0.39 is 21.7 Å². The van der Waals surface area contributed by atoms with E-state index in [4.69, 9.17) is 11.6 Å². The maximum absolute atomic E-state index is 13.0. The van der Waals surface area contributed by atoms with Crippen LogP contribution in [0.1, 0.15) is 21.5 Å². The summed E-state index contributed by atoms with van der Waals surface area (Å²) in [5, 5.41) is 2.53. The largest absolute Gasteiger partial charge is 0.351 e. The number of sulfonamides is 1. The Morgan fingerprint density at radius 3 is 2.52 bits per heavy atom. The van der Waals surface area contributed by atoms with Crippen LogP contribution in [0.5, 0.6) is 0 Å². The lowest BCUT2D eigenvalue weighted by atomic mass is 10.2. The third-order valence-corrected chi connectivity index (χ3v) is 5.43. The second kappa shape index (κ2) is 7.95. The van der Waals surface area contributed by atoms with Gasteiger partial charge in [0.05, 0.1) is 15.5 Å². The van der Waals surface area contributed by atoms with Gasteiger partial charge in [0.2, 0.25) is 10.0 Å². The molecule has 0 bridgehead atoms. The van der Waals surface area contributed by atoms with Gasteiger partial charge in [0, 0.05) is 13.1 Å². The molecule has 0 saturated carbocycles. The van der Waals surface area contributed by atoms with Crippen molar-refractivity contribution in [3.63, 3.8) is 0 Å². The molecule has 2 aromatic rings. The van der Waals surface area contributed by atoms with Crippen LogP contribution in [-0.2, 0) is 10.0 Å². The monoisotopic (exact) mass is 384 g/mol. The molecule has 0 radical (unpaired) electrons. The number of amides is 1. The summed E-state index contributed by atoms with van der Waals surface area (Å²) in [5.41, 5.74) is 1.60. The highest BCUT2D eigenvalue weighted by Gasteiger charge is 2.17. The van der Waals surface area contributed by atoms with E-state index in [9.17, 15) is 17.6 Å². The average Bonchev–Trinajstić information content (AvgIpc) is 2.53. The van der Waals surface area contributed by atoms with Crippen molar-refractivity contribution < 1.29 is 17.6 Å². The molecule has 0 aliphatic carbocycles. The number of hydrogen-bond donors (Lipinski definition) is 2. The molecule has 0 saturated heterocycles. The maximum atomic E-state index is 13.0. The van der Waals surface area contributed by atoms with E-state index >= 15 is 0 Å². The number of carbonyl (C=O) groups excluding carboxylic acids is 1. The van der Waals surface area contributed by atoms with Crippen molar-refractivity contribution in [3.8, 4) is 0 Å². The van der Waals surface area contributed by atoms with Crippen molar-refractivity contribution in [2.24, 2.45) is 0 Å². The summed E-state index contributed by atoms with van der Waals surface area (Å²) < 4.78 is 40.1. The number of hydrogen-bond acceptors (Lipinski definition) is 3. The minimum Gasteiger partial charge on any atom is -0.351 e. The van der Waals surface area contributed by atoms with Crippen molar-refractivity contribution in [3.05, 3.63) is 63.9 Å². The lowest BCUT2D eigenvalue weighted by Gasteiger charge is -2.11. The quantitative estimate of drug-likeness (QED) is 0.752. The van der Waals surface area contributed by atoms with Gasteiger partial charge in [-0.15, -0.1) is 0 Å². The Morgan fingerprint density at radius 1 is 1.12 bits per heavy atom. The number of nitrogens with one attached hydrogen (secondary N) is 2. The molecule has 2 rings (SSSR count). The Kier molecular flexibility index (Phi) is 6.16. The molecule has 1 amide bonds. The van der Waals surface area contributed by atoms with E-state index in [1.165, 1.54) is 6.07 Å². The molecule has 2 aromatic carbocycles. The molecule has 8 heteroatoms. The van der Waals surface area contributed by atoms with Crippen molar-refractivity contribution in [2.45, 2.75) is 18.7 Å². The van der Waals surface area contributed by atoms with Crippen LogP contribution in [0.4, 0.5) is 4.39 Å². The van der Waals surface area contributed by atoms with Gasteiger partial charge in [-0.2, -0.15) is 0 Å². The van der Waals surface area contributed by atoms with Crippen LogP contribution in [0.3, 0.4) is 0 Å². The number of rotatable bonds is 6. The van der Waals surface area contributed by atoms with Gasteiger partial charge in [-0.1, -0.05) is 23.7 Å². The summed E-state index contributed by atoms with van der Waals surface area (Å²) in [6.45, 7) is 3.61. The van der Waals surface area contributed by atoms with Crippen LogP contribution in [0.25, 0.3) is 0 Å². The maximum Gasteiger partial charge on any atom is 0.252 e. The number of aryl methyl sites for hydroxylation is 2. The Labute approximate surface area is 151 Å². The molecule has 0 spiro atoms. The Bertz CT molecular complexity index is 901. The first kappa shape index (κ1) is 19.4. The van der Waals surface area contributed by atoms with E-state index in [0.717, 1.165) is 17.7 Å². The lowest BCUT2D eigenvalue weighted by molar-refractivity contribution is 0.0954. The second-order valence-electron chi connectivity index (χ2n) is 5.55. The van der Waals surface area contributed by atoms with Crippen molar-refractivity contribution in [2.75, 3.05) is 13.1 Å². The first-order valence-corrected chi connectivity index (χ1v) is 9.37. The first-order valence-electron chi connectivity index (χ1n) is 7.51. The zero-order chi connectivity index (χ0) is 18.6. The molecule has 0 aliphatic rings. The first-order chi connectivity index (χ1) is 11.7. The van der Waals surface area contributed by atoms with Crippen LogP contribution in [0, 0.1) is 19.7 Å². The highest BCUT2D eigenvalue weighted by Crippen LogP contribution is 2.17. The molecule has 0 heterocycles. The SMILES string of the molecule is Cc1ccc(C)c(S(=O)(=O)NCCNC(=O)c2ccc(F)cc2Cl)c1. The summed E-state index contributed by atoms with van der Waals surface area (Å²) in [6.07, 6.45) is 0. The molecule has 5 nitrogen and oxygen atoms in total. The molecule has 0 unspecified atom stereocenters. The zero-order valence-corrected chi connectivity index (χ0v) is 15.3. The van der Waals surface area contributed by atoms with E-state index in [-0.39, 0.29) is 28.6 Å². The summed E-state index contributed by atoms with van der Waals surface area (Å²) in [7, 11) is -3.67. The average molecular weight is 385 g/mol. The van der Waals surface area contributed by atoms with Crippen molar-refractivity contribution in [1.82, 2.24) is 10.0 Å². The summed E-state index contributed by atoms with van der Waals surface area (Å²) in [4.78, 5) is 12.2. The standard InChI is InChI=1S/C17H18ClFN2O3S/c1-11-3-4-12(2)16(9-11)25(23,24)21-8-7-20-17(22)14-6-5-13(19)10-15(14)18/h3-6,9-10,21H,7-8H2,1-2H3,(H,20,22). The fourth-order valence-corrected chi connectivity index (χ4v) is 3.82. The fourth-order valence-electron chi connectivity index (χ4n) is 2.20. The minimum absolute atomic E-state index is 0.00605. The van der Waals surface area contributed by atoms with Crippen LogP contribution < -0.4 is 10.0 Å². The van der Waals surface area contributed by atoms with Crippen LogP contribution >= 0.6 is 11.6 Å². The summed E-state index contributed by atoms with van der Waals surface area (Å²) in [5.74, 6) is -1.04. The van der Waals surface area contributed by atoms with Crippen LogP contribution in [-0.4, -0.2) is 27.4 Å². The van der Waals surface area contributed by atoms with Crippen LogP contribution in [0.15, 0.2) is 41.3 Å². The Hall–Kier alpha value is -1.96. The molecule has 0 aliphatic heterocycles. The van der Waals surface area contributed by atoms with Gasteiger partial charge in [0.15, 0.2) is 0 Å². The van der Waals surface area contributed by atoms with E-state index in [1.807, 2.05) is 13.0 Å². The molecular formula is C17H18ClFN2O3S. The van der Waals surface area contributed by atoms with E-state index in [1.54, 1.807) is 19.1 Å². The normalized spacial score (nSPS) is 11.4. The van der Waals surface area contributed by atoms with Gasteiger partial charge in [0.25, 0.3) is 5.91 Å². The highest BCUT2D eigenvalue weighted by atomic mass is 35.5. The minimum atomic E-state index is -3.67. The predicted octanol–water partition coefficient (Wildman–Crippen LogP) is 2.80. The summed E-state index contributed by atoms with van der Waals surface area (Å²) in [6, 6.07) is 8.61. The highest BCUT2D eigenvalue weighted by molar-refractivity contribution is 7.89. The van der Waals surface area contributed by atoms with Gasteiger partial charge >= 0.3 is 0 Å². The Morgan fingerprint density at radius 2 is 1.84 bits per heavy atom. The zero-order valence-electron chi connectivity index (χ0n) is 13.8. The lowest BCUT2D eigenvalue weighted by Crippen LogP contribution is -2.35. The predicted molar refractivity (Wildman–Crippen MR) is 94.8 cm³/mol. The van der Waals surface area contributed by atoms with Crippen molar-refractivity contribution >= 4 is 27.5 Å². The fraction of sp³-hybridized carbons (Fsp3) is 0.235. The van der Waals surface area contributed by atoms with Gasteiger partial charge in [0.1, 0.15) is 5.82 Å². The number of carbonyl (C=O) groups is 1. The summed E-state index contributed by atoms with van der Waals surface area (Å²) >= 11 is 5.81. The van der Waals surface area contributed by atoms with Crippen molar-refractivity contribution in [1.29, 1.82) is 0 Å². The smallest absolute Gasteiger partial charge is 0.252 e. The number of benzene rings is 2. The van der Waals surface area contributed by atoms with Crippen LogP contribution in [0.2, 0.25) is 5.02 Å². The molecular weight excluding hydrogens is 367 g/mol. The molecule has 25 heavy (non-hydrogen) atoms. The molecule has 0 aromatic heterocycles. The molecule has 0 atom stereocenters. The number of halogens is 2.